The van der Waals surface area contributed by atoms with E-state index in [0.29, 0.717) is 5.92 Å². The molecule has 0 aromatic heterocycles. The topological polar surface area (TPSA) is 54.4 Å². The molecule has 92 valence electrons. The predicted molar refractivity (Wildman–Crippen MR) is 59.2 cm³/mol. The zero-order valence-electron chi connectivity index (χ0n) is 9.10. The zero-order chi connectivity index (χ0) is 11.8. The van der Waals surface area contributed by atoms with Crippen LogP contribution in [0, 0.1) is 11.8 Å². The van der Waals surface area contributed by atoms with Crippen molar-refractivity contribution in [1.29, 1.82) is 0 Å². The lowest BCUT2D eigenvalue weighted by atomic mass is 9.74. The van der Waals surface area contributed by atoms with Gasteiger partial charge in [0.25, 0.3) is 10.1 Å². The van der Waals surface area contributed by atoms with Crippen LogP contribution in [0.3, 0.4) is 0 Å². The van der Waals surface area contributed by atoms with Gasteiger partial charge >= 0.3 is 0 Å². The Balaban J connectivity index is 2.01. The minimum absolute atomic E-state index is 0.0222. The molecule has 1 saturated carbocycles. The molecular formula is C11H17FO3S. The standard InChI is InChI=1S/C11H17FO3S/c12-11(16(13,14)15)7-10-5-8-2-1-3-9(4-8)6-10/h5,9-11H,1-4,6-7H2,(H,13,14,15). The maximum Gasteiger partial charge on any atom is 0.297 e. The normalized spacial score (nSPS) is 32.0. The molecule has 16 heavy (non-hydrogen) atoms. The van der Waals surface area contributed by atoms with Gasteiger partial charge in [0, 0.05) is 6.42 Å². The molecule has 0 radical (unpaired) electrons. The maximum absolute atomic E-state index is 13.2. The molecule has 2 rings (SSSR count). The van der Waals surface area contributed by atoms with Crippen molar-refractivity contribution in [2.75, 3.05) is 0 Å². The smallest absolute Gasteiger partial charge is 0.283 e. The van der Waals surface area contributed by atoms with E-state index in [1.165, 1.54) is 12.0 Å². The zero-order valence-corrected chi connectivity index (χ0v) is 9.92. The average Bonchev–Trinajstić information content (AvgIpc) is 2.15. The molecule has 3 nitrogen and oxygen atoms in total. The molecule has 0 aromatic carbocycles. The summed E-state index contributed by atoms with van der Waals surface area (Å²) in [6, 6.07) is 0. The van der Waals surface area contributed by atoms with Crippen molar-refractivity contribution in [1.82, 2.24) is 0 Å². The van der Waals surface area contributed by atoms with Crippen molar-refractivity contribution in [3.8, 4) is 0 Å². The number of alkyl halides is 1. The second kappa shape index (κ2) is 4.45. The van der Waals surface area contributed by atoms with Gasteiger partial charge in [0.1, 0.15) is 0 Å². The van der Waals surface area contributed by atoms with E-state index in [0.717, 1.165) is 25.7 Å². The van der Waals surface area contributed by atoms with Crippen LogP contribution in [0.4, 0.5) is 4.39 Å². The number of allylic oxidation sites excluding steroid dienone is 2. The van der Waals surface area contributed by atoms with Crippen molar-refractivity contribution >= 4 is 10.1 Å². The summed E-state index contributed by atoms with van der Waals surface area (Å²) in [6.45, 7) is 0. The Morgan fingerprint density at radius 2 is 2.31 bits per heavy atom. The molecule has 5 heteroatoms. The third-order valence-electron chi connectivity index (χ3n) is 3.58. The van der Waals surface area contributed by atoms with Crippen LogP contribution in [0.25, 0.3) is 0 Å². The lowest BCUT2D eigenvalue weighted by molar-refractivity contribution is 0.274. The monoisotopic (exact) mass is 248 g/mol. The summed E-state index contributed by atoms with van der Waals surface area (Å²) in [5.74, 6) is 0.568. The average molecular weight is 248 g/mol. The van der Waals surface area contributed by atoms with Crippen molar-refractivity contribution < 1.29 is 17.4 Å². The fraction of sp³-hybridized carbons (Fsp3) is 0.818. The summed E-state index contributed by atoms with van der Waals surface area (Å²) in [5, 5.41) is 0. The third-order valence-corrected chi connectivity index (χ3v) is 4.42. The van der Waals surface area contributed by atoms with Gasteiger partial charge in [0.2, 0.25) is 5.50 Å². The lowest BCUT2D eigenvalue weighted by Crippen LogP contribution is -2.24. The number of halogens is 1. The number of hydrogen-bond donors (Lipinski definition) is 1. The van der Waals surface area contributed by atoms with Crippen LogP contribution in [-0.4, -0.2) is 18.5 Å². The van der Waals surface area contributed by atoms with E-state index < -0.39 is 15.6 Å². The van der Waals surface area contributed by atoms with E-state index >= 15 is 0 Å². The highest BCUT2D eigenvalue weighted by Gasteiger charge is 2.30. The minimum Gasteiger partial charge on any atom is -0.283 e. The van der Waals surface area contributed by atoms with Crippen molar-refractivity contribution in [2.24, 2.45) is 11.8 Å². The van der Waals surface area contributed by atoms with Gasteiger partial charge in [-0.25, -0.2) is 4.39 Å². The Hall–Kier alpha value is -0.420. The molecule has 0 aliphatic heterocycles. The molecular weight excluding hydrogens is 231 g/mol. The Kier molecular flexibility index (Phi) is 3.35. The third kappa shape index (κ3) is 2.83. The minimum atomic E-state index is -4.52. The predicted octanol–water partition coefficient (Wildman–Crippen LogP) is 2.70. The summed E-state index contributed by atoms with van der Waals surface area (Å²) in [4.78, 5) is 0. The van der Waals surface area contributed by atoms with Crippen LogP contribution in [0.1, 0.15) is 38.5 Å². The SMILES string of the molecule is O=S(=O)(O)C(F)CC1C=C2CCCC(C2)C1. The second-order valence-electron chi connectivity index (χ2n) is 4.94. The fourth-order valence-electron chi connectivity index (χ4n) is 2.90. The van der Waals surface area contributed by atoms with Gasteiger partial charge in [-0.15, -0.1) is 0 Å². The largest absolute Gasteiger partial charge is 0.297 e. The van der Waals surface area contributed by atoms with Crippen LogP contribution >= 0.6 is 0 Å². The van der Waals surface area contributed by atoms with Crippen LogP contribution in [0.2, 0.25) is 0 Å². The van der Waals surface area contributed by atoms with Crippen molar-refractivity contribution in [3.05, 3.63) is 11.6 Å². The molecule has 2 aliphatic rings. The van der Waals surface area contributed by atoms with E-state index in [1.807, 2.05) is 6.08 Å². The second-order valence-corrected chi connectivity index (χ2v) is 6.49. The first-order valence-electron chi connectivity index (χ1n) is 5.75. The summed E-state index contributed by atoms with van der Waals surface area (Å²) in [6.07, 6.45) is 7.30. The lowest BCUT2D eigenvalue weighted by Gasteiger charge is -2.33. The summed E-state index contributed by atoms with van der Waals surface area (Å²) >= 11 is 0. The highest BCUT2D eigenvalue weighted by Crippen LogP contribution is 2.40. The first kappa shape index (κ1) is 12.0. The van der Waals surface area contributed by atoms with Gasteiger partial charge in [-0.3, -0.25) is 4.55 Å². The summed E-state index contributed by atoms with van der Waals surface area (Å²) in [7, 11) is -4.52. The summed E-state index contributed by atoms with van der Waals surface area (Å²) < 4.78 is 43.0. The quantitative estimate of drug-likeness (QED) is 0.617. The van der Waals surface area contributed by atoms with Crippen molar-refractivity contribution in [3.63, 3.8) is 0 Å². The molecule has 1 N–H and O–H groups in total. The summed E-state index contributed by atoms with van der Waals surface area (Å²) in [5.41, 5.74) is -0.789. The molecule has 3 atom stereocenters. The molecule has 1 fully saturated rings. The van der Waals surface area contributed by atoms with Gasteiger partial charge in [0.05, 0.1) is 0 Å². The van der Waals surface area contributed by atoms with Gasteiger partial charge in [0.15, 0.2) is 0 Å². The maximum atomic E-state index is 13.2. The van der Waals surface area contributed by atoms with Crippen LogP contribution in [-0.2, 0) is 10.1 Å². The number of rotatable bonds is 3. The van der Waals surface area contributed by atoms with E-state index in [2.05, 4.69) is 0 Å². The molecule has 0 saturated heterocycles. The molecule has 2 bridgehead atoms. The van der Waals surface area contributed by atoms with E-state index in [4.69, 9.17) is 4.55 Å². The highest BCUT2D eigenvalue weighted by molar-refractivity contribution is 7.86. The van der Waals surface area contributed by atoms with Crippen LogP contribution in [0.15, 0.2) is 11.6 Å². The first-order chi connectivity index (χ1) is 7.45. The molecule has 2 aliphatic carbocycles. The molecule has 0 heterocycles. The Labute approximate surface area is 95.5 Å². The van der Waals surface area contributed by atoms with Gasteiger partial charge in [-0.05, 0) is 43.9 Å². The molecule has 3 unspecified atom stereocenters. The van der Waals surface area contributed by atoms with Crippen LogP contribution in [0.5, 0.6) is 0 Å². The molecule has 0 aromatic rings. The Morgan fingerprint density at radius 1 is 1.56 bits per heavy atom. The van der Waals surface area contributed by atoms with E-state index in [1.54, 1.807) is 0 Å². The van der Waals surface area contributed by atoms with Crippen molar-refractivity contribution in [2.45, 2.75) is 44.0 Å². The highest BCUT2D eigenvalue weighted by atomic mass is 32.2. The fourth-order valence-corrected chi connectivity index (χ4v) is 3.39. The molecule has 0 amide bonds. The first-order valence-corrected chi connectivity index (χ1v) is 7.25. The van der Waals surface area contributed by atoms with Gasteiger partial charge in [-0.1, -0.05) is 11.6 Å². The van der Waals surface area contributed by atoms with Gasteiger partial charge < -0.3 is 0 Å². The van der Waals surface area contributed by atoms with E-state index in [-0.39, 0.29) is 12.3 Å². The number of hydrogen-bond acceptors (Lipinski definition) is 2. The Bertz CT molecular complexity index is 388. The van der Waals surface area contributed by atoms with Crippen LogP contribution < -0.4 is 0 Å². The Morgan fingerprint density at radius 3 is 2.94 bits per heavy atom. The number of fused-ring (bicyclic) bond motifs is 2. The molecule has 0 spiro atoms. The van der Waals surface area contributed by atoms with Gasteiger partial charge in [-0.2, -0.15) is 8.42 Å². The van der Waals surface area contributed by atoms with E-state index in [9.17, 15) is 12.8 Å².